The summed E-state index contributed by atoms with van der Waals surface area (Å²) >= 11 is 0. The number of anilines is 3. The summed E-state index contributed by atoms with van der Waals surface area (Å²) in [6.07, 6.45) is 0. The van der Waals surface area contributed by atoms with Crippen LogP contribution >= 0.6 is 0 Å². The van der Waals surface area contributed by atoms with Gasteiger partial charge in [-0.1, -0.05) is 0 Å². The Hall–Kier alpha value is -3.42. The number of hydrogen-bond acceptors (Lipinski definition) is 6. The molecule has 140 valence electrons. The van der Waals surface area contributed by atoms with E-state index in [4.69, 9.17) is 0 Å². The quantitative estimate of drug-likeness (QED) is 0.531. The number of benzene rings is 2. The van der Waals surface area contributed by atoms with E-state index in [1.54, 1.807) is 6.07 Å². The molecule has 2 aromatic carbocycles. The van der Waals surface area contributed by atoms with E-state index in [1.165, 1.54) is 18.2 Å². The van der Waals surface area contributed by atoms with Gasteiger partial charge in [0, 0.05) is 35.5 Å². The molecule has 3 aromatic rings. The second-order valence-electron chi connectivity index (χ2n) is 6.28. The van der Waals surface area contributed by atoms with Crippen LogP contribution in [0.3, 0.4) is 0 Å². The molecule has 0 fully saturated rings. The Morgan fingerprint density at radius 3 is 2.00 bits per heavy atom. The molecule has 4 N–H and O–H groups in total. The fourth-order valence-corrected chi connectivity index (χ4v) is 2.51. The molecule has 0 radical (unpaired) electrons. The first-order valence-corrected chi connectivity index (χ1v) is 8.20. The highest BCUT2D eigenvalue weighted by molar-refractivity contribution is 5.67. The van der Waals surface area contributed by atoms with Gasteiger partial charge < -0.3 is 20.8 Å². The zero-order valence-corrected chi connectivity index (χ0v) is 14.7. The van der Waals surface area contributed by atoms with Crippen LogP contribution in [0, 0.1) is 11.6 Å². The van der Waals surface area contributed by atoms with Gasteiger partial charge in [-0.25, -0.2) is 18.7 Å². The van der Waals surface area contributed by atoms with Crippen molar-refractivity contribution in [1.82, 2.24) is 9.97 Å². The third kappa shape index (κ3) is 4.81. The second kappa shape index (κ2) is 7.45. The minimum Gasteiger partial charge on any atom is -0.508 e. The molecule has 6 nitrogen and oxygen atoms in total. The predicted octanol–water partition coefficient (Wildman–Crippen LogP) is 4.40. The number of aromatic hydroxyl groups is 2. The summed E-state index contributed by atoms with van der Waals surface area (Å²) in [6, 6.07) is 8.71. The zero-order valence-electron chi connectivity index (χ0n) is 14.7. The summed E-state index contributed by atoms with van der Waals surface area (Å²) in [5, 5.41) is 25.4. The van der Waals surface area contributed by atoms with Gasteiger partial charge in [0.15, 0.2) is 5.82 Å². The fraction of sp³-hybridized carbons (Fsp3) is 0.158. The van der Waals surface area contributed by atoms with Gasteiger partial charge in [0.2, 0.25) is 0 Å². The molecule has 0 spiro atoms. The van der Waals surface area contributed by atoms with E-state index in [-0.39, 0.29) is 34.9 Å². The van der Waals surface area contributed by atoms with Crippen molar-refractivity contribution in [3.63, 3.8) is 0 Å². The van der Waals surface area contributed by atoms with E-state index >= 15 is 0 Å². The molecular weight excluding hydrogens is 354 g/mol. The average Bonchev–Trinajstić information content (AvgIpc) is 2.52. The molecule has 0 atom stereocenters. The Bertz CT molecular complexity index is 939. The van der Waals surface area contributed by atoms with Gasteiger partial charge in [-0.15, -0.1) is 0 Å². The molecule has 3 rings (SSSR count). The van der Waals surface area contributed by atoms with Crippen molar-refractivity contribution in [3.05, 3.63) is 54.1 Å². The number of nitrogens with zero attached hydrogens (tertiary/aromatic N) is 2. The van der Waals surface area contributed by atoms with E-state index in [0.29, 0.717) is 11.4 Å². The van der Waals surface area contributed by atoms with Crippen molar-refractivity contribution in [1.29, 1.82) is 0 Å². The summed E-state index contributed by atoms with van der Waals surface area (Å²) < 4.78 is 26.9. The van der Waals surface area contributed by atoms with Gasteiger partial charge in [0.1, 0.15) is 34.8 Å². The Morgan fingerprint density at radius 2 is 1.41 bits per heavy atom. The van der Waals surface area contributed by atoms with Gasteiger partial charge >= 0.3 is 0 Å². The predicted molar refractivity (Wildman–Crippen MR) is 99.2 cm³/mol. The monoisotopic (exact) mass is 372 g/mol. The van der Waals surface area contributed by atoms with E-state index in [0.717, 1.165) is 18.2 Å². The summed E-state index contributed by atoms with van der Waals surface area (Å²) in [4.78, 5) is 8.69. The normalized spacial score (nSPS) is 10.9. The number of phenolic OH excluding ortho intramolecular Hbond substituents is 2. The van der Waals surface area contributed by atoms with E-state index < -0.39 is 11.6 Å². The fourth-order valence-electron chi connectivity index (χ4n) is 2.51. The first-order chi connectivity index (χ1) is 12.8. The van der Waals surface area contributed by atoms with Crippen LogP contribution in [0.2, 0.25) is 0 Å². The molecule has 0 aliphatic rings. The molecule has 27 heavy (non-hydrogen) atoms. The van der Waals surface area contributed by atoms with Crippen molar-refractivity contribution < 1.29 is 19.0 Å². The van der Waals surface area contributed by atoms with Crippen LogP contribution in [-0.2, 0) is 0 Å². The lowest BCUT2D eigenvalue weighted by Crippen LogP contribution is -2.12. The number of phenols is 2. The highest BCUT2D eigenvalue weighted by Gasteiger charge is 2.11. The summed E-state index contributed by atoms with van der Waals surface area (Å²) in [7, 11) is 0. The minimum atomic E-state index is -0.717. The summed E-state index contributed by atoms with van der Waals surface area (Å²) in [5.74, 6) is -0.745. The van der Waals surface area contributed by atoms with Gasteiger partial charge in [-0.3, -0.25) is 0 Å². The molecule has 1 aromatic heterocycles. The smallest absolute Gasteiger partial charge is 0.164 e. The molecule has 0 aliphatic heterocycles. The number of rotatable bonds is 5. The van der Waals surface area contributed by atoms with Crippen LogP contribution < -0.4 is 10.6 Å². The zero-order chi connectivity index (χ0) is 19.6. The summed E-state index contributed by atoms with van der Waals surface area (Å²) in [5.41, 5.74) is 0.569. The lowest BCUT2D eigenvalue weighted by molar-refractivity contribution is 0.451. The maximum atomic E-state index is 13.4. The molecule has 8 heteroatoms. The Balaban J connectivity index is 2.04. The average molecular weight is 372 g/mol. The van der Waals surface area contributed by atoms with E-state index in [1.807, 2.05) is 13.8 Å². The third-order valence-electron chi connectivity index (χ3n) is 3.46. The van der Waals surface area contributed by atoms with Gasteiger partial charge in [0.25, 0.3) is 0 Å². The van der Waals surface area contributed by atoms with Gasteiger partial charge in [0.05, 0.1) is 0 Å². The molecular formula is C19H18F2N4O2. The SMILES string of the molecule is CC(C)Nc1cc(Nc2cc(F)cc(F)c2)nc(-c2cc(O)cc(O)c2)n1. The van der Waals surface area contributed by atoms with Crippen molar-refractivity contribution in [2.24, 2.45) is 0 Å². The molecule has 1 heterocycles. The first-order valence-electron chi connectivity index (χ1n) is 8.20. The van der Waals surface area contributed by atoms with E-state index in [2.05, 4.69) is 20.6 Å². The molecule has 0 saturated carbocycles. The van der Waals surface area contributed by atoms with Crippen molar-refractivity contribution >= 4 is 17.3 Å². The number of aromatic nitrogens is 2. The maximum absolute atomic E-state index is 13.4. The third-order valence-corrected chi connectivity index (χ3v) is 3.46. The van der Waals surface area contributed by atoms with Gasteiger partial charge in [-0.2, -0.15) is 0 Å². The number of nitrogens with one attached hydrogen (secondary N) is 2. The number of hydrogen-bond donors (Lipinski definition) is 4. The highest BCUT2D eigenvalue weighted by Crippen LogP contribution is 2.29. The molecule has 0 amide bonds. The lowest BCUT2D eigenvalue weighted by Gasteiger charge is -2.14. The maximum Gasteiger partial charge on any atom is 0.164 e. The molecule has 0 unspecified atom stereocenters. The van der Waals surface area contributed by atoms with E-state index in [9.17, 15) is 19.0 Å². The largest absolute Gasteiger partial charge is 0.508 e. The summed E-state index contributed by atoms with van der Waals surface area (Å²) in [6.45, 7) is 3.86. The lowest BCUT2D eigenvalue weighted by atomic mass is 10.2. The van der Waals surface area contributed by atoms with Crippen LogP contribution in [0.5, 0.6) is 11.5 Å². The Kier molecular flexibility index (Phi) is 5.07. The standard InChI is InChI=1S/C19H18F2N4O2/c1-10(2)22-17-9-18(23-14-6-12(20)5-13(21)7-14)25-19(24-17)11-3-15(26)8-16(27)4-11/h3-10,26-27H,1-2H3,(H2,22,23,24,25). The minimum absolute atomic E-state index is 0.0739. The highest BCUT2D eigenvalue weighted by atomic mass is 19.1. The van der Waals surface area contributed by atoms with Crippen LogP contribution in [0.25, 0.3) is 11.4 Å². The van der Waals surface area contributed by atoms with Crippen molar-refractivity contribution in [3.8, 4) is 22.9 Å². The van der Waals surface area contributed by atoms with Crippen LogP contribution in [-0.4, -0.2) is 26.2 Å². The van der Waals surface area contributed by atoms with Crippen molar-refractivity contribution in [2.75, 3.05) is 10.6 Å². The number of halogens is 2. The van der Waals surface area contributed by atoms with Crippen LogP contribution in [0.15, 0.2) is 42.5 Å². The topological polar surface area (TPSA) is 90.3 Å². The van der Waals surface area contributed by atoms with Gasteiger partial charge in [-0.05, 0) is 38.1 Å². The Labute approximate surface area is 154 Å². The van der Waals surface area contributed by atoms with Crippen LogP contribution in [0.1, 0.15) is 13.8 Å². The molecule has 0 bridgehead atoms. The van der Waals surface area contributed by atoms with Crippen molar-refractivity contribution in [2.45, 2.75) is 19.9 Å². The first kappa shape index (κ1) is 18.4. The second-order valence-corrected chi connectivity index (χ2v) is 6.28. The molecule has 0 aliphatic carbocycles. The molecule has 0 saturated heterocycles. The Morgan fingerprint density at radius 1 is 0.815 bits per heavy atom. The van der Waals surface area contributed by atoms with Crippen LogP contribution in [0.4, 0.5) is 26.1 Å².